The van der Waals surface area contributed by atoms with Gasteiger partial charge in [-0.2, -0.15) is 5.26 Å². The van der Waals surface area contributed by atoms with Gasteiger partial charge in [0.1, 0.15) is 17.3 Å². The molecule has 0 spiro atoms. The number of nitro groups is 1. The first-order valence-corrected chi connectivity index (χ1v) is 12.2. The van der Waals surface area contributed by atoms with Crippen molar-refractivity contribution in [3.63, 3.8) is 0 Å². The number of anilines is 1. The van der Waals surface area contributed by atoms with E-state index in [9.17, 15) is 28.6 Å². The number of nitriles is 1. The van der Waals surface area contributed by atoms with E-state index in [1.165, 1.54) is 36.5 Å². The molecule has 3 aromatic carbocycles. The maximum atomic E-state index is 13.4. The van der Waals surface area contributed by atoms with E-state index in [-0.39, 0.29) is 21.2 Å². The molecular formula is C25H17ClN4O5S. The van der Waals surface area contributed by atoms with Gasteiger partial charge in [0.15, 0.2) is 0 Å². The number of hydrogen-bond acceptors (Lipinski definition) is 6. The first-order chi connectivity index (χ1) is 17.1. The van der Waals surface area contributed by atoms with Crippen LogP contribution in [0.1, 0.15) is 11.1 Å². The first-order valence-electron chi connectivity index (χ1n) is 10.4. The van der Waals surface area contributed by atoms with Gasteiger partial charge in [-0.3, -0.25) is 14.9 Å². The number of nitrogens with one attached hydrogen (secondary N) is 1. The fourth-order valence-corrected chi connectivity index (χ4v) is 5.11. The molecule has 1 amide bonds. The molecule has 1 aromatic heterocycles. The van der Waals surface area contributed by atoms with Crippen molar-refractivity contribution in [2.45, 2.75) is 11.8 Å². The minimum atomic E-state index is -3.98. The molecule has 0 fully saturated rings. The Hall–Kier alpha value is -4.46. The molecule has 1 N–H and O–H groups in total. The van der Waals surface area contributed by atoms with E-state index in [2.05, 4.69) is 5.32 Å². The summed E-state index contributed by atoms with van der Waals surface area (Å²) in [5.74, 6) is -0.902. The number of hydrogen-bond donors (Lipinski definition) is 1. The zero-order chi connectivity index (χ0) is 26.0. The van der Waals surface area contributed by atoms with Gasteiger partial charge >= 0.3 is 0 Å². The second-order valence-electron chi connectivity index (χ2n) is 7.76. The Labute approximate surface area is 211 Å². The summed E-state index contributed by atoms with van der Waals surface area (Å²) in [7, 11) is -3.98. The maximum Gasteiger partial charge on any atom is 0.294 e. The molecule has 0 saturated heterocycles. The van der Waals surface area contributed by atoms with Gasteiger partial charge in [-0.1, -0.05) is 47.5 Å². The van der Waals surface area contributed by atoms with Crippen molar-refractivity contribution in [1.82, 2.24) is 3.97 Å². The van der Waals surface area contributed by atoms with Crippen LogP contribution in [-0.4, -0.2) is 23.2 Å². The Morgan fingerprint density at radius 3 is 2.50 bits per heavy atom. The zero-order valence-electron chi connectivity index (χ0n) is 18.7. The second-order valence-corrected chi connectivity index (χ2v) is 10.0. The largest absolute Gasteiger partial charge is 0.316 e. The van der Waals surface area contributed by atoms with Crippen molar-refractivity contribution >= 4 is 55.9 Å². The summed E-state index contributed by atoms with van der Waals surface area (Å²) in [5, 5.41) is 23.9. The predicted molar refractivity (Wildman–Crippen MR) is 136 cm³/mol. The molecule has 0 atom stereocenters. The highest BCUT2D eigenvalue weighted by Gasteiger charge is 2.22. The van der Waals surface area contributed by atoms with Crippen LogP contribution >= 0.6 is 11.6 Å². The number of fused-ring (bicyclic) bond motifs is 1. The van der Waals surface area contributed by atoms with Crippen LogP contribution in [0.25, 0.3) is 17.0 Å². The standard InChI is InChI=1S/C25H17ClN4O5S/c1-16-6-9-20(10-7-16)36(34,35)29-15-18(21-4-2-3-5-23(21)29)12-17(14-27)25(31)28-22-11-8-19(26)13-24(22)30(32)33/h2-13,15H,1H3,(H,28,31). The van der Waals surface area contributed by atoms with Crippen LogP contribution in [0.5, 0.6) is 0 Å². The number of benzene rings is 3. The van der Waals surface area contributed by atoms with Gasteiger partial charge in [0.25, 0.3) is 21.6 Å². The molecule has 36 heavy (non-hydrogen) atoms. The molecule has 180 valence electrons. The average molecular weight is 521 g/mol. The lowest BCUT2D eigenvalue weighted by atomic mass is 10.1. The van der Waals surface area contributed by atoms with Gasteiger partial charge in [0.05, 0.1) is 15.3 Å². The summed E-state index contributed by atoms with van der Waals surface area (Å²) >= 11 is 5.81. The Morgan fingerprint density at radius 2 is 1.83 bits per heavy atom. The highest BCUT2D eigenvalue weighted by Crippen LogP contribution is 2.30. The molecule has 0 aliphatic heterocycles. The van der Waals surface area contributed by atoms with Gasteiger partial charge in [0.2, 0.25) is 0 Å². The predicted octanol–water partition coefficient (Wildman–Crippen LogP) is 5.29. The number of halogens is 1. The van der Waals surface area contributed by atoms with E-state index >= 15 is 0 Å². The minimum Gasteiger partial charge on any atom is -0.316 e. The van der Waals surface area contributed by atoms with Gasteiger partial charge in [0, 0.05) is 28.2 Å². The summed E-state index contributed by atoms with van der Waals surface area (Å²) in [6, 6.07) is 18.5. The molecule has 0 aliphatic carbocycles. The number of aryl methyl sites for hydroxylation is 1. The van der Waals surface area contributed by atoms with Crippen molar-refractivity contribution < 1.29 is 18.1 Å². The molecule has 0 saturated carbocycles. The molecular weight excluding hydrogens is 504 g/mol. The number of amides is 1. The molecule has 0 aliphatic rings. The molecule has 1 heterocycles. The number of nitro benzene ring substituents is 1. The Kier molecular flexibility index (Phi) is 6.61. The number of carbonyl (C=O) groups excluding carboxylic acids is 1. The summed E-state index contributed by atoms with van der Waals surface area (Å²) in [5.41, 5.74) is 0.609. The highest BCUT2D eigenvalue weighted by atomic mass is 35.5. The monoisotopic (exact) mass is 520 g/mol. The van der Waals surface area contributed by atoms with Crippen molar-refractivity contribution in [1.29, 1.82) is 5.26 Å². The summed E-state index contributed by atoms with van der Waals surface area (Å²) < 4.78 is 27.8. The normalized spacial score (nSPS) is 11.8. The maximum absolute atomic E-state index is 13.4. The summed E-state index contributed by atoms with van der Waals surface area (Å²) in [6.07, 6.45) is 2.57. The zero-order valence-corrected chi connectivity index (χ0v) is 20.2. The smallest absolute Gasteiger partial charge is 0.294 e. The van der Waals surface area contributed by atoms with E-state index in [1.807, 2.05) is 6.92 Å². The van der Waals surface area contributed by atoms with Crippen LogP contribution in [0.3, 0.4) is 0 Å². The molecule has 9 nitrogen and oxygen atoms in total. The van der Waals surface area contributed by atoms with Gasteiger partial charge in [-0.25, -0.2) is 12.4 Å². The lowest BCUT2D eigenvalue weighted by molar-refractivity contribution is -0.383. The Bertz CT molecular complexity index is 1700. The van der Waals surface area contributed by atoms with E-state index in [4.69, 9.17) is 11.6 Å². The van der Waals surface area contributed by atoms with Crippen LogP contribution in [0, 0.1) is 28.4 Å². The van der Waals surface area contributed by atoms with E-state index < -0.39 is 26.5 Å². The van der Waals surface area contributed by atoms with Crippen molar-refractivity contribution in [3.05, 3.63) is 105 Å². The van der Waals surface area contributed by atoms with E-state index in [0.29, 0.717) is 16.5 Å². The number of para-hydroxylation sites is 1. The third kappa shape index (κ3) is 4.70. The summed E-state index contributed by atoms with van der Waals surface area (Å²) in [6.45, 7) is 1.84. The van der Waals surface area contributed by atoms with Gasteiger partial charge in [-0.05, 0) is 43.3 Å². The van der Waals surface area contributed by atoms with Gasteiger partial charge < -0.3 is 5.32 Å². The lowest BCUT2D eigenvalue weighted by Gasteiger charge is -2.07. The molecule has 4 rings (SSSR count). The number of nitrogens with zero attached hydrogens (tertiary/aromatic N) is 3. The van der Waals surface area contributed by atoms with E-state index in [1.54, 1.807) is 42.5 Å². The fourth-order valence-electron chi connectivity index (χ4n) is 3.57. The number of aromatic nitrogens is 1. The van der Waals surface area contributed by atoms with Crippen molar-refractivity contribution in [2.75, 3.05) is 5.32 Å². The first kappa shape index (κ1) is 24.7. The topological polar surface area (TPSA) is 135 Å². The van der Waals surface area contributed by atoms with E-state index in [0.717, 1.165) is 15.6 Å². The van der Waals surface area contributed by atoms with Crippen molar-refractivity contribution in [3.8, 4) is 6.07 Å². The Balaban J connectivity index is 1.78. The quantitative estimate of drug-likeness (QED) is 0.159. The number of carbonyl (C=O) groups is 1. The second kappa shape index (κ2) is 9.65. The summed E-state index contributed by atoms with van der Waals surface area (Å²) in [4.78, 5) is 23.5. The highest BCUT2D eigenvalue weighted by molar-refractivity contribution is 7.90. The third-order valence-corrected chi connectivity index (χ3v) is 7.28. The van der Waals surface area contributed by atoms with Crippen LogP contribution in [0.2, 0.25) is 5.02 Å². The minimum absolute atomic E-state index is 0.0812. The van der Waals surface area contributed by atoms with Crippen LogP contribution in [-0.2, 0) is 14.8 Å². The molecule has 4 aromatic rings. The Morgan fingerprint density at radius 1 is 1.14 bits per heavy atom. The van der Waals surface area contributed by atoms with Crippen LogP contribution in [0.4, 0.5) is 11.4 Å². The van der Waals surface area contributed by atoms with Crippen molar-refractivity contribution in [2.24, 2.45) is 0 Å². The lowest BCUT2D eigenvalue weighted by Crippen LogP contribution is -2.14. The fraction of sp³-hybridized carbons (Fsp3) is 0.0400. The van der Waals surface area contributed by atoms with Gasteiger partial charge in [-0.15, -0.1) is 0 Å². The van der Waals surface area contributed by atoms with Crippen LogP contribution in [0.15, 0.2) is 83.4 Å². The molecule has 0 radical (unpaired) electrons. The molecule has 0 unspecified atom stereocenters. The average Bonchev–Trinajstić information content (AvgIpc) is 3.23. The third-order valence-electron chi connectivity index (χ3n) is 5.36. The van der Waals surface area contributed by atoms with Crippen LogP contribution < -0.4 is 5.32 Å². The number of rotatable bonds is 6. The molecule has 11 heteroatoms. The molecule has 0 bridgehead atoms. The SMILES string of the molecule is Cc1ccc(S(=O)(=O)n2cc(C=C(C#N)C(=O)Nc3ccc(Cl)cc3[N+](=O)[O-])c3ccccc32)cc1.